The highest BCUT2D eigenvalue weighted by Gasteiger charge is 2.52. The number of benzene rings is 2. The maximum Gasteiger partial charge on any atom is 0.416 e. The van der Waals surface area contributed by atoms with E-state index in [1.54, 1.807) is 30.3 Å². The highest BCUT2D eigenvalue weighted by molar-refractivity contribution is 5.68. The van der Waals surface area contributed by atoms with Crippen LogP contribution in [0.5, 0.6) is 0 Å². The summed E-state index contributed by atoms with van der Waals surface area (Å²) in [4.78, 5) is 22.3. The molecule has 0 unspecified atom stereocenters. The van der Waals surface area contributed by atoms with E-state index < -0.39 is 58.0 Å². The van der Waals surface area contributed by atoms with E-state index in [2.05, 4.69) is 5.32 Å². The number of hydrogen-bond donors (Lipinski definition) is 2. The second-order valence-electron chi connectivity index (χ2n) is 9.15. The smallest absolute Gasteiger partial charge is 0.416 e. The minimum Gasteiger partial charge on any atom is -0.481 e. The lowest BCUT2D eigenvalue weighted by Gasteiger charge is -2.43. The molecule has 0 spiro atoms. The van der Waals surface area contributed by atoms with E-state index in [1.165, 1.54) is 6.92 Å². The molecular formula is C24H24F6N2O5. The van der Waals surface area contributed by atoms with Gasteiger partial charge in [0.1, 0.15) is 6.42 Å². The summed E-state index contributed by atoms with van der Waals surface area (Å²) in [7, 11) is 0. The Morgan fingerprint density at radius 3 is 2.08 bits per heavy atom. The third-order valence-electron chi connectivity index (χ3n) is 6.63. The third kappa shape index (κ3) is 6.39. The van der Waals surface area contributed by atoms with Crippen molar-refractivity contribution in [1.29, 1.82) is 0 Å². The van der Waals surface area contributed by atoms with Gasteiger partial charge in [0.15, 0.2) is 0 Å². The molecular weight excluding hydrogens is 510 g/mol. The van der Waals surface area contributed by atoms with Gasteiger partial charge in [-0.25, -0.2) is 0 Å². The molecule has 1 aliphatic heterocycles. The zero-order valence-electron chi connectivity index (χ0n) is 19.5. The van der Waals surface area contributed by atoms with Crippen LogP contribution >= 0.6 is 0 Å². The monoisotopic (exact) mass is 534 g/mol. The Morgan fingerprint density at radius 1 is 1.08 bits per heavy atom. The van der Waals surface area contributed by atoms with Gasteiger partial charge < -0.3 is 9.84 Å². The Kier molecular flexibility index (Phi) is 7.89. The van der Waals surface area contributed by atoms with Crippen molar-refractivity contribution in [1.82, 2.24) is 5.32 Å². The SMILES string of the molecule is C[C@@H](OC[C@@]1(c2ccccc2)CC[C@@](CC(=O)O)([N+](=O)[O-])CN1)c1cc(C(F)(F)F)cc(C(F)(F)F)c1. The van der Waals surface area contributed by atoms with Crippen molar-refractivity contribution in [2.45, 2.75) is 55.7 Å². The van der Waals surface area contributed by atoms with Gasteiger partial charge in [0.05, 0.1) is 35.9 Å². The maximum atomic E-state index is 13.3. The number of piperidine rings is 1. The van der Waals surface area contributed by atoms with Crippen LogP contribution in [-0.2, 0) is 27.4 Å². The van der Waals surface area contributed by atoms with E-state index in [-0.39, 0.29) is 37.6 Å². The fourth-order valence-electron chi connectivity index (χ4n) is 4.40. The van der Waals surface area contributed by atoms with Crippen LogP contribution in [0.2, 0.25) is 0 Å². The minimum absolute atomic E-state index is 0.0318. The van der Waals surface area contributed by atoms with Crippen molar-refractivity contribution < 1.29 is 45.9 Å². The van der Waals surface area contributed by atoms with E-state index in [0.29, 0.717) is 17.7 Å². The molecule has 2 aromatic rings. The molecule has 1 fully saturated rings. The van der Waals surface area contributed by atoms with Gasteiger partial charge in [0.25, 0.3) is 0 Å². The maximum absolute atomic E-state index is 13.3. The first-order chi connectivity index (χ1) is 17.1. The van der Waals surface area contributed by atoms with Gasteiger partial charge in [-0.1, -0.05) is 30.3 Å². The first-order valence-corrected chi connectivity index (χ1v) is 11.2. The van der Waals surface area contributed by atoms with Crippen LogP contribution in [0, 0.1) is 10.1 Å². The zero-order chi connectivity index (χ0) is 27.6. The van der Waals surface area contributed by atoms with Crippen LogP contribution < -0.4 is 5.32 Å². The predicted molar refractivity (Wildman–Crippen MR) is 118 cm³/mol. The molecule has 1 saturated heterocycles. The summed E-state index contributed by atoms with van der Waals surface area (Å²) < 4.78 is 85.4. The van der Waals surface area contributed by atoms with E-state index in [4.69, 9.17) is 4.74 Å². The highest BCUT2D eigenvalue weighted by atomic mass is 19.4. The molecule has 13 heteroatoms. The van der Waals surface area contributed by atoms with Gasteiger partial charge in [-0.2, -0.15) is 26.3 Å². The van der Waals surface area contributed by atoms with Gasteiger partial charge in [-0.3, -0.25) is 20.2 Å². The first kappa shape index (κ1) is 28.4. The van der Waals surface area contributed by atoms with Crippen molar-refractivity contribution >= 4 is 5.97 Å². The van der Waals surface area contributed by atoms with Crippen molar-refractivity contribution in [2.24, 2.45) is 0 Å². The van der Waals surface area contributed by atoms with Crippen molar-refractivity contribution in [2.75, 3.05) is 13.2 Å². The molecule has 37 heavy (non-hydrogen) atoms. The molecule has 3 rings (SSSR count). The van der Waals surface area contributed by atoms with Gasteiger partial charge in [-0.05, 0) is 42.7 Å². The molecule has 0 aromatic heterocycles. The molecule has 1 aliphatic rings. The van der Waals surface area contributed by atoms with Crippen molar-refractivity contribution in [3.63, 3.8) is 0 Å². The Morgan fingerprint density at radius 2 is 1.65 bits per heavy atom. The van der Waals surface area contributed by atoms with Gasteiger partial charge in [-0.15, -0.1) is 0 Å². The second kappa shape index (κ2) is 10.3. The number of halogens is 6. The molecule has 1 heterocycles. The normalized spacial score (nSPS) is 23.4. The second-order valence-corrected chi connectivity index (χ2v) is 9.15. The van der Waals surface area contributed by atoms with Crippen LogP contribution in [0.3, 0.4) is 0 Å². The summed E-state index contributed by atoms with van der Waals surface area (Å²) in [6.45, 7) is 0.722. The first-order valence-electron chi connectivity index (χ1n) is 11.2. The number of alkyl halides is 6. The summed E-state index contributed by atoms with van der Waals surface area (Å²) in [5, 5.41) is 23.9. The van der Waals surface area contributed by atoms with Crippen molar-refractivity contribution in [3.05, 3.63) is 80.9 Å². The van der Waals surface area contributed by atoms with Crippen LogP contribution in [0.4, 0.5) is 26.3 Å². The Bertz CT molecular complexity index is 1100. The zero-order valence-corrected chi connectivity index (χ0v) is 19.5. The molecule has 7 nitrogen and oxygen atoms in total. The Balaban J connectivity index is 1.90. The summed E-state index contributed by atoms with van der Waals surface area (Å²) in [5.41, 5.74) is -5.53. The topological polar surface area (TPSA) is 102 Å². The quantitative estimate of drug-likeness (QED) is 0.261. The molecule has 0 amide bonds. The Hall–Kier alpha value is -3.19. The number of hydrogen-bond acceptors (Lipinski definition) is 5. The number of nitrogens with zero attached hydrogens (tertiary/aromatic N) is 1. The molecule has 0 bridgehead atoms. The number of carbonyl (C=O) groups is 1. The number of carboxylic acids is 1. The van der Waals surface area contributed by atoms with Crippen molar-refractivity contribution in [3.8, 4) is 0 Å². The molecule has 0 saturated carbocycles. The van der Waals surface area contributed by atoms with Gasteiger partial charge >= 0.3 is 18.3 Å². The fourth-order valence-corrected chi connectivity index (χ4v) is 4.40. The van der Waals surface area contributed by atoms with Crippen LogP contribution in [-0.4, -0.2) is 34.7 Å². The van der Waals surface area contributed by atoms with Gasteiger partial charge in [0, 0.05) is 11.3 Å². The average Bonchev–Trinajstić information content (AvgIpc) is 2.82. The van der Waals surface area contributed by atoms with Crippen LogP contribution in [0.25, 0.3) is 0 Å². The molecule has 2 N–H and O–H groups in total. The number of ether oxygens (including phenoxy) is 1. The lowest BCUT2D eigenvalue weighted by atomic mass is 9.75. The fraction of sp³-hybridized carbons (Fsp3) is 0.458. The van der Waals surface area contributed by atoms with Gasteiger partial charge in [0.2, 0.25) is 5.54 Å². The largest absolute Gasteiger partial charge is 0.481 e. The number of carboxylic acid groups (broad SMARTS) is 1. The summed E-state index contributed by atoms with van der Waals surface area (Å²) in [6, 6.07) is 9.71. The molecule has 2 aromatic carbocycles. The van der Waals surface area contributed by atoms with E-state index in [1.807, 2.05) is 0 Å². The third-order valence-corrected chi connectivity index (χ3v) is 6.63. The number of nitro groups is 1. The summed E-state index contributed by atoms with van der Waals surface area (Å²) >= 11 is 0. The highest BCUT2D eigenvalue weighted by Crippen LogP contribution is 2.40. The number of rotatable bonds is 8. The van der Waals surface area contributed by atoms with Crippen LogP contribution in [0.1, 0.15) is 54.5 Å². The Labute approximate surface area is 207 Å². The molecule has 3 atom stereocenters. The van der Waals surface area contributed by atoms with Crippen LogP contribution in [0.15, 0.2) is 48.5 Å². The average molecular weight is 534 g/mol. The predicted octanol–water partition coefficient (Wildman–Crippen LogP) is 5.57. The minimum atomic E-state index is -5.01. The van der Waals surface area contributed by atoms with E-state index >= 15 is 0 Å². The molecule has 0 aliphatic carbocycles. The lowest BCUT2D eigenvalue weighted by Crippen LogP contribution is -2.61. The summed E-state index contributed by atoms with van der Waals surface area (Å²) in [6.07, 6.45) is -12.1. The molecule has 0 radical (unpaired) electrons. The number of aliphatic carboxylic acids is 1. The van der Waals surface area contributed by atoms with E-state index in [9.17, 15) is 46.4 Å². The summed E-state index contributed by atoms with van der Waals surface area (Å²) in [5.74, 6) is -1.35. The number of nitrogens with one attached hydrogen (secondary N) is 1. The molecule has 202 valence electrons. The van der Waals surface area contributed by atoms with E-state index in [0.717, 1.165) is 0 Å². The standard InChI is InChI=1S/C24H24F6N2O5/c1-15(16-9-18(23(25,26)27)11-19(10-16)24(28,29)30)37-14-22(17-5-3-2-4-6-17)8-7-21(13-31-22,32(35)36)12-20(33)34/h2-6,9-11,15,31H,7-8,12-14H2,1H3,(H,33,34)/t15-,21+,22-/m1/s1. The lowest BCUT2D eigenvalue weighted by molar-refractivity contribution is -0.571.